The molecule has 1 fully saturated rings. The number of alkyl halides is 3. The number of fused-ring (bicyclic) bond motifs is 1. The fourth-order valence-corrected chi connectivity index (χ4v) is 3.97. The number of hydrogen-bond donors (Lipinski definition) is 0. The maximum absolute atomic E-state index is 13.1. The number of carbonyl (C=O) groups is 1. The Hall–Kier alpha value is -3.02. The molecular weight excluding hydrogens is 397 g/mol. The molecule has 9 heteroatoms. The number of hydrogen-bond acceptors (Lipinski definition) is 4. The first-order valence-corrected chi connectivity index (χ1v) is 9.90. The van der Waals surface area contributed by atoms with E-state index in [-0.39, 0.29) is 23.4 Å². The largest absolute Gasteiger partial charge is 0.480 e. The standard InChI is InChI=1S/C21H21F3N4O2/c1-13(21(22,23)24)30-19-7-6-14(9-25)8-17(19)20(29)27-10-15-11-28(26-18(15)12-27)16-4-2-3-5-16/h6-8,11,13,16H,2-5,10,12H2,1H3. The van der Waals surface area contributed by atoms with Gasteiger partial charge in [-0.3, -0.25) is 9.48 Å². The van der Waals surface area contributed by atoms with Gasteiger partial charge in [0, 0.05) is 18.3 Å². The summed E-state index contributed by atoms with van der Waals surface area (Å²) in [6.07, 6.45) is -0.107. The van der Waals surface area contributed by atoms with E-state index in [0.29, 0.717) is 12.6 Å². The molecule has 1 aromatic heterocycles. The van der Waals surface area contributed by atoms with Gasteiger partial charge >= 0.3 is 6.18 Å². The topological polar surface area (TPSA) is 71.2 Å². The van der Waals surface area contributed by atoms with Crippen LogP contribution in [0.4, 0.5) is 13.2 Å². The zero-order chi connectivity index (χ0) is 21.5. The van der Waals surface area contributed by atoms with Gasteiger partial charge in [-0.1, -0.05) is 12.8 Å². The number of carbonyl (C=O) groups excluding carboxylic acids is 1. The molecule has 1 saturated carbocycles. The summed E-state index contributed by atoms with van der Waals surface area (Å²) >= 11 is 0. The molecule has 0 saturated heterocycles. The molecule has 1 amide bonds. The first-order valence-electron chi connectivity index (χ1n) is 9.90. The molecule has 30 heavy (non-hydrogen) atoms. The highest BCUT2D eigenvalue weighted by atomic mass is 19.4. The quantitative estimate of drug-likeness (QED) is 0.740. The van der Waals surface area contributed by atoms with Gasteiger partial charge in [-0.2, -0.15) is 23.5 Å². The molecule has 1 aliphatic carbocycles. The van der Waals surface area contributed by atoms with Crippen LogP contribution in [0.5, 0.6) is 5.75 Å². The zero-order valence-corrected chi connectivity index (χ0v) is 16.4. The smallest absolute Gasteiger partial charge is 0.425 e. The summed E-state index contributed by atoms with van der Waals surface area (Å²) in [4.78, 5) is 14.6. The summed E-state index contributed by atoms with van der Waals surface area (Å²) in [6.45, 7) is 1.48. The van der Waals surface area contributed by atoms with Gasteiger partial charge in [0.2, 0.25) is 0 Å². The second-order valence-electron chi connectivity index (χ2n) is 7.80. The Labute approximate surface area is 171 Å². The monoisotopic (exact) mass is 418 g/mol. The normalized spacial score (nSPS) is 17.6. The van der Waals surface area contributed by atoms with Crippen molar-refractivity contribution in [2.75, 3.05) is 0 Å². The third kappa shape index (κ3) is 3.86. The van der Waals surface area contributed by atoms with Crippen LogP contribution in [0.3, 0.4) is 0 Å². The van der Waals surface area contributed by atoms with Crippen LogP contribution < -0.4 is 4.74 Å². The maximum atomic E-state index is 13.1. The van der Waals surface area contributed by atoms with Crippen molar-refractivity contribution in [3.8, 4) is 11.8 Å². The first-order chi connectivity index (χ1) is 14.3. The predicted octanol–water partition coefficient (Wildman–Crippen LogP) is 4.36. The van der Waals surface area contributed by atoms with Crippen LogP contribution in [0.25, 0.3) is 0 Å². The minimum Gasteiger partial charge on any atom is -0.480 e. The van der Waals surface area contributed by atoms with Gasteiger partial charge in [0.15, 0.2) is 6.10 Å². The van der Waals surface area contributed by atoms with E-state index in [1.807, 2.05) is 16.9 Å². The number of halogens is 3. The summed E-state index contributed by atoms with van der Waals surface area (Å²) in [5.41, 5.74) is 1.86. The Morgan fingerprint density at radius 2 is 2.03 bits per heavy atom. The number of nitrogens with zero attached hydrogens (tertiary/aromatic N) is 4. The van der Waals surface area contributed by atoms with E-state index >= 15 is 0 Å². The molecular formula is C21H21F3N4O2. The molecule has 2 aliphatic rings. The van der Waals surface area contributed by atoms with E-state index in [9.17, 15) is 18.0 Å². The summed E-state index contributed by atoms with van der Waals surface area (Å²) in [5.74, 6) is -0.675. The van der Waals surface area contributed by atoms with E-state index in [1.54, 1.807) is 0 Å². The summed E-state index contributed by atoms with van der Waals surface area (Å²) < 4.78 is 45.8. The summed E-state index contributed by atoms with van der Waals surface area (Å²) in [6, 6.07) is 6.16. The van der Waals surface area contributed by atoms with E-state index in [2.05, 4.69) is 5.10 Å². The Morgan fingerprint density at radius 3 is 2.67 bits per heavy atom. The van der Waals surface area contributed by atoms with Crippen molar-refractivity contribution >= 4 is 5.91 Å². The van der Waals surface area contributed by atoms with Crippen molar-refractivity contribution in [1.29, 1.82) is 5.26 Å². The van der Waals surface area contributed by atoms with E-state index in [1.165, 1.54) is 35.9 Å². The fourth-order valence-electron chi connectivity index (χ4n) is 3.97. The number of ether oxygens (including phenoxy) is 1. The van der Waals surface area contributed by atoms with Crippen molar-refractivity contribution in [2.24, 2.45) is 0 Å². The highest BCUT2D eigenvalue weighted by Crippen LogP contribution is 2.33. The maximum Gasteiger partial charge on any atom is 0.425 e. The van der Waals surface area contributed by atoms with Gasteiger partial charge in [-0.25, -0.2) is 0 Å². The Balaban J connectivity index is 1.55. The second-order valence-corrected chi connectivity index (χ2v) is 7.80. The second kappa shape index (κ2) is 7.67. The average molecular weight is 418 g/mol. The van der Waals surface area contributed by atoms with Crippen molar-refractivity contribution in [2.45, 2.75) is 64.0 Å². The van der Waals surface area contributed by atoms with Crippen LogP contribution in [0.15, 0.2) is 24.4 Å². The molecule has 1 unspecified atom stereocenters. The highest BCUT2D eigenvalue weighted by molar-refractivity contribution is 5.97. The zero-order valence-electron chi connectivity index (χ0n) is 16.4. The molecule has 1 aliphatic heterocycles. The van der Waals surface area contributed by atoms with Crippen LogP contribution >= 0.6 is 0 Å². The molecule has 158 valence electrons. The van der Waals surface area contributed by atoms with Gasteiger partial charge in [0.1, 0.15) is 5.75 Å². The molecule has 0 spiro atoms. The van der Waals surface area contributed by atoms with E-state index in [4.69, 9.17) is 10.00 Å². The molecule has 0 radical (unpaired) electrons. The van der Waals surface area contributed by atoms with Crippen molar-refractivity contribution in [1.82, 2.24) is 14.7 Å². The molecule has 1 atom stereocenters. The summed E-state index contributed by atoms with van der Waals surface area (Å²) in [7, 11) is 0. The van der Waals surface area contributed by atoms with Gasteiger partial charge < -0.3 is 9.64 Å². The lowest BCUT2D eigenvalue weighted by atomic mass is 10.1. The Bertz CT molecular complexity index is 979. The van der Waals surface area contributed by atoms with Gasteiger partial charge in [-0.05, 0) is 38.0 Å². The average Bonchev–Trinajstić information content (AvgIpc) is 3.42. The third-order valence-electron chi connectivity index (χ3n) is 5.69. The molecule has 1 aromatic carbocycles. The van der Waals surface area contributed by atoms with Crippen LogP contribution in [0, 0.1) is 11.3 Å². The number of benzene rings is 1. The van der Waals surface area contributed by atoms with Crippen molar-refractivity contribution in [3.63, 3.8) is 0 Å². The number of aromatic nitrogens is 2. The van der Waals surface area contributed by atoms with E-state index in [0.717, 1.165) is 31.0 Å². The Kier molecular flexibility index (Phi) is 5.18. The molecule has 6 nitrogen and oxygen atoms in total. The number of amides is 1. The van der Waals surface area contributed by atoms with Crippen molar-refractivity contribution < 1.29 is 22.7 Å². The minimum atomic E-state index is -4.57. The van der Waals surface area contributed by atoms with Gasteiger partial charge in [0.25, 0.3) is 5.91 Å². The molecule has 2 aromatic rings. The third-order valence-corrected chi connectivity index (χ3v) is 5.69. The van der Waals surface area contributed by atoms with Crippen LogP contribution in [0.1, 0.15) is 65.8 Å². The lowest BCUT2D eigenvalue weighted by molar-refractivity contribution is -0.189. The number of rotatable bonds is 4. The fraction of sp³-hybridized carbons (Fsp3) is 0.476. The highest BCUT2D eigenvalue weighted by Gasteiger charge is 2.39. The summed E-state index contributed by atoms with van der Waals surface area (Å²) in [5, 5.41) is 13.8. The van der Waals surface area contributed by atoms with E-state index < -0.39 is 18.2 Å². The predicted molar refractivity (Wildman–Crippen MR) is 101 cm³/mol. The van der Waals surface area contributed by atoms with Crippen LogP contribution in [-0.2, 0) is 13.1 Å². The number of nitriles is 1. The van der Waals surface area contributed by atoms with Crippen molar-refractivity contribution in [3.05, 3.63) is 46.8 Å². The molecule has 2 heterocycles. The van der Waals surface area contributed by atoms with Crippen LogP contribution in [0.2, 0.25) is 0 Å². The van der Waals surface area contributed by atoms with Crippen LogP contribution in [-0.4, -0.2) is 32.9 Å². The first kappa shape index (κ1) is 20.3. The Morgan fingerprint density at radius 1 is 1.30 bits per heavy atom. The minimum absolute atomic E-state index is 0.0565. The molecule has 0 bridgehead atoms. The molecule has 0 N–H and O–H groups in total. The SMILES string of the molecule is CC(Oc1ccc(C#N)cc1C(=O)N1Cc2cn(C3CCCC3)nc2C1)C(F)(F)F. The molecule has 4 rings (SSSR count). The lowest BCUT2D eigenvalue weighted by Crippen LogP contribution is -2.32. The lowest BCUT2D eigenvalue weighted by Gasteiger charge is -2.22. The van der Waals surface area contributed by atoms with Gasteiger partial charge in [0.05, 0.1) is 35.5 Å². The van der Waals surface area contributed by atoms with Gasteiger partial charge in [-0.15, -0.1) is 0 Å².